The standard InChI is InChI=1S/C23H28N4O2/c1-28-23-9-3-2-8-22(23)27-15-13-26(14-16-27)12-5-17-29-20-7-4-6-19(18-20)21-10-11-24-25-21/h2-4,6-11,18H,5,12-17H2,1H3,(H,24,25). The van der Waals surface area contributed by atoms with Gasteiger partial charge in [-0.15, -0.1) is 0 Å². The van der Waals surface area contributed by atoms with E-state index in [1.54, 1.807) is 13.3 Å². The number of ether oxygens (including phenoxy) is 2. The molecule has 29 heavy (non-hydrogen) atoms. The summed E-state index contributed by atoms with van der Waals surface area (Å²) < 4.78 is 11.5. The third-order valence-corrected chi connectivity index (χ3v) is 5.33. The van der Waals surface area contributed by atoms with Crippen LogP contribution in [0.25, 0.3) is 11.3 Å². The van der Waals surface area contributed by atoms with Crippen LogP contribution in [0.3, 0.4) is 0 Å². The molecule has 0 amide bonds. The van der Waals surface area contributed by atoms with Crippen molar-refractivity contribution in [1.82, 2.24) is 15.1 Å². The molecule has 0 unspecified atom stereocenters. The number of anilines is 1. The van der Waals surface area contributed by atoms with Gasteiger partial charge in [0.05, 0.1) is 25.1 Å². The van der Waals surface area contributed by atoms with Gasteiger partial charge in [-0.2, -0.15) is 5.10 Å². The topological polar surface area (TPSA) is 53.6 Å². The minimum absolute atomic E-state index is 0.721. The second-order valence-electron chi connectivity index (χ2n) is 7.20. The molecule has 4 rings (SSSR count). The Bertz CT molecular complexity index is 889. The van der Waals surface area contributed by atoms with Crippen molar-refractivity contribution in [2.24, 2.45) is 0 Å². The summed E-state index contributed by atoms with van der Waals surface area (Å²) in [7, 11) is 1.74. The smallest absolute Gasteiger partial charge is 0.142 e. The molecule has 1 fully saturated rings. The van der Waals surface area contributed by atoms with E-state index < -0.39 is 0 Å². The summed E-state index contributed by atoms with van der Waals surface area (Å²) in [5.74, 6) is 1.85. The highest BCUT2D eigenvalue weighted by atomic mass is 16.5. The van der Waals surface area contributed by atoms with E-state index in [2.05, 4.69) is 44.3 Å². The zero-order chi connectivity index (χ0) is 19.9. The molecule has 0 spiro atoms. The lowest BCUT2D eigenvalue weighted by Crippen LogP contribution is -2.46. The minimum Gasteiger partial charge on any atom is -0.495 e. The summed E-state index contributed by atoms with van der Waals surface area (Å²) in [6.07, 6.45) is 2.78. The van der Waals surface area contributed by atoms with Crippen molar-refractivity contribution in [3.8, 4) is 22.8 Å². The highest BCUT2D eigenvalue weighted by Gasteiger charge is 2.19. The summed E-state index contributed by atoms with van der Waals surface area (Å²) in [5.41, 5.74) is 3.28. The first-order chi connectivity index (χ1) is 14.3. The van der Waals surface area contributed by atoms with Crippen molar-refractivity contribution in [3.05, 3.63) is 60.8 Å². The Kier molecular flexibility index (Phi) is 6.32. The van der Waals surface area contributed by atoms with Crippen molar-refractivity contribution in [3.63, 3.8) is 0 Å². The highest BCUT2D eigenvalue weighted by molar-refractivity contribution is 5.60. The Morgan fingerprint density at radius 1 is 1.00 bits per heavy atom. The van der Waals surface area contributed by atoms with Gasteiger partial charge in [-0.05, 0) is 36.8 Å². The van der Waals surface area contributed by atoms with Crippen LogP contribution in [0.2, 0.25) is 0 Å². The average molecular weight is 393 g/mol. The monoisotopic (exact) mass is 392 g/mol. The molecule has 0 radical (unpaired) electrons. The largest absolute Gasteiger partial charge is 0.495 e. The molecule has 3 aromatic rings. The number of para-hydroxylation sites is 2. The van der Waals surface area contributed by atoms with Crippen LogP contribution in [0.4, 0.5) is 5.69 Å². The quantitative estimate of drug-likeness (QED) is 0.593. The number of hydrogen-bond donors (Lipinski definition) is 1. The number of aromatic amines is 1. The summed E-state index contributed by atoms with van der Waals surface area (Å²) >= 11 is 0. The van der Waals surface area contributed by atoms with E-state index in [1.807, 2.05) is 30.3 Å². The Morgan fingerprint density at radius 2 is 1.86 bits per heavy atom. The van der Waals surface area contributed by atoms with E-state index in [-0.39, 0.29) is 0 Å². The zero-order valence-electron chi connectivity index (χ0n) is 16.9. The van der Waals surface area contributed by atoms with E-state index in [0.717, 1.165) is 68.5 Å². The second kappa shape index (κ2) is 9.47. The molecule has 1 saturated heterocycles. The fourth-order valence-corrected chi connectivity index (χ4v) is 3.75. The lowest BCUT2D eigenvalue weighted by Gasteiger charge is -2.36. The predicted octanol–water partition coefficient (Wildman–Crippen LogP) is 3.68. The van der Waals surface area contributed by atoms with Gasteiger partial charge in [0.25, 0.3) is 0 Å². The summed E-state index contributed by atoms with van der Waals surface area (Å²) in [4.78, 5) is 4.92. The summed E-state index contributed by atoms with van der Waals surface area (Å²) in [5, 5.41) is 7.00. The molecule has 0 aliphatic carbocycles. The minimum atomic E-state index is 0.721. The molecule has 0 bridgehead atoms. The van der Waals surface area contributed by atoms with Gasteiger partial charge >= 0.3 is 0 Å². The van der Waals surface area contributed by atoms with E-state index in [1.165, 1.54) is 5.69 Å². The van der Waals surface area contributed by atoms with Crippen LogP contribution in [0.15, 0.2) is 60.8 Å². The maximum atomic E-state index is 5.97. The molecular formula is C23H28N4O2. The van der Waals surface area contributed by atoms with E-state index in [4.69, 9.17) is 9.47 Å². The number of nitrogens with zero attached hydrogens (tertiary/aromatic N) is 3. The van der Waals surface area contributed by atoms with Crippen LogP contribution in [-0.4, -0.2) is 61.5 Å². The second-order valence-corrected chi connectivity index (χ2v) is 7.20. The molecule has 1 aliphatic heterocycles. The number of benzene rings is 2. The zero-order valence-corrected chi connectivity index (χ0v) is 16.9. The first-order valence-electron chi connectivity index (χ1n) is 10.2. The van der Waals surface area contributed by atoms with Crippen molar-refractivity contribution >= 4 is 5.69 Å². The SMILES string of the molecule is COc1ccccc1N1CCN(CCCOc2cccc(-c3ccn[nH]3)c2)CC1. The van der Waals surface area contributed by atoms with Gasteiger partial charge in [0.2, 0.25) is 0 Å². The Morgan fingerprint density at radius 3 is 2.66 bits per heavy atom. The molecule has 1 aromatic heterocycles. The first-order valence-corrected chi connectivity index (χ1v) is 10.2. The lowest BCUT2D eigenvalue weighted by atomic mass is 10.1. The van der Waals surface area contributed by atoms with Crippen LogP contribution in [-0.2, 0) is 0 Å². The van der Waals surface area contributed by atoms with Gasteiger partial charge < -0.3 is 14.4 Å². The molecule has 2 heterocycles. The van der Waals surface area contributed by atoms with Crippen LogP contribution < -0.4 is 14.4 Å². The molecule has 6 heteroatoms. The van der Waals surface area contributed by atoms with Gasteiger partial charge in [0, 0.05) is 44.5 Å². The maximum absolute atomic E-state index is 5.97. The number of hydrogen-bond acceptors (Lipinski definition) is 5. The summed E-state index contributed by atoms with van der Waals surface area (Å²) in [6.45, 7) is 5.95. The Balaban J connectivity index is 1.20. The van der Waals surface area contributed by atoms with Gasteiger partial charge in [0.1, 0.15) is 11.5 Å². The van der Waals surface area contributed by atoms with E-state index in [0.29, 0.717) is 0 Å². The van der Waals surface area contributed by atoms with Gasteiger partial charge in [-0.3, -0.25) is 10.00 Å². The average Bonchev–Trinajstić information content (AvgIpc) is 3.32. The molecule has 0 atom stereocenters. The van der Waals surface area contributed by atoms with Crippen LogP contribution in [0.1, 0.15) is 6.42 Å². The van der Waals surface area contributed by atoms with Crippen LogP contribution in [0.5, 0.6) is 11.5 Å². The van der Waals surface area contributed by atoms with E-state index >= 15 is 0 Å². The van der Waals surface area contributed by atoms with Gasteiger partial charge in [-0.1, -0.05) is 24.3 Å². The molecule has 2 aromatic carbocycles. The van der Waals surface area contributed by atoms with E-state index in [9.17, 15) is 0 Å². The predicted molar refractivity (Wildman–Crippen MR) is 116 cm³/mol. The van der Waals surface area contributed by atoms with Crippen molar-refractivity contribution in [2.45, 2.75) is 6.42 Å². The van der Waals surface area contributed by atoms with Crippen LogP contribution >= 0.6 is 0 Å². The van der Waals surface area contributed by atoms with Gasteiger partial charge in [0.15, 0.2) is 0 Å². The highest BCUT2D eigenvalue weighted by Crippen LogP contribution is 2.28. The third-order valence-electron chi connectivity index (χ3n) is 5.33. The van der Waals surface area contributed by atoms with Crippen LogP contribution in [0, 0.1) is 0 Å². The molecule has 1 N–H and O–H groups in total. The number of nitrogens with one attached hydrogen (secondary N) is 1. The normalized spacial score (nSPS) is 14.7. The number of rotatable bonds is 8. The molecular weight excluding hydrogens is 364 g/mol. The Hall–Kier alpha value is -2.99. The van der Waals surface area contributed by atoms with Crippen molar-refractivity contribution in [1.29, 1.82) is 0 Å². The number of H-pyrrole nitrogens is 1. The third kappa shape index (κ3) is 4.90. The molecule has 6 nitrogen and oxygen atoms in total. The Labute approximate surface area is 172 Å². The number of aromatic nitrogens is 2. The maximum Gasteiger partial charge on any atom is 0.142 e. The first kappa shape index (κ1) is 19.3. The molecule has 152 valence electrons. The fraction of sp³-hybridized carbons (Fsp3) is 0.348. The fourth-order valence-electron chi connectivity index (χ4n) is 3.75. The molecule has 0 saturated carbocycles. The van der Waals surface area contributed by atoms with Gasteiger partial charge in [-0.25, -0.2) is 0 Å². The molecule has 1 aliphatic rings. The number of methoxy groups -OCH3 is 1. The summed E-state index contributed by atoms with van der Waals surface area (Å²) in [6, 6.07) is 18.4. The van der Waals surface area contributed by atoms with Crippen molar-refractivity contribution < 1.29 is 9.47 Å². The lowest BCUT2D eigenvalue weighted by molar-refractivity contribution is 0.224. The number of piperazine rings is 1. The van der Waals surface area contributed by atoms with Crippen molar-refractivity contribution in [2.75, 3.05) is 51.3 Å².